The van der Waals surface area contributed by atoms with Crippen LogP contribution in [-0.4, -0.2) is 37.0 Å². The summed E-state index contributed by atoms with van der Waals surface area (Å²) in [5, 5.41) is 3.42. The van der Waals surface area contributed by atoms with Crippen molar-refractivity contribution in [2.75, 3.05) is 26.2 Å². The molecule has 0 saturated carbocycles. The summed E-state index contributed by atoms with van der Waals surface area (Å²) in [5.74, 6) is 0.359. The Kier molecular flexibility index (Phi) is 6.87. The number of benzene rings is 1. The van der Waals surface area contributed by atoms with E-state index in [1.165, 1.54) is 38.2 Å². The first-order valence-corrected chi connectivity index (χ1v) is 8.44. The molecule has 1 atom stereocenters. The Hall–Kier alpha value is -1.39. The van der Waals surface area contributed by atoms with Gasteiger partial charge in [0.1, 0.15) is 5.75 Å². The van der Waals surface area contributed by atoms with E-state index >= 15 is 0 Å². The van der Waals surface area contributed by atoms with Crippen molar-refractivity contribution in [2.24, 2.45) is 0 Å². The van der Waals surface area contributed by atoms with Crippen LogP contribution in [0, 0.1) is 0 Å². The van der Waals surface area contributed by atoms with Crippen molar-refractivity contribution in [3.05, 3.63) is 29.8 Å². The van der Waals surface area contributed by atoms with E-state index < -0.39 is 0 Å². The lowest BCUT2D eigenvalue weighted by Gasteiger charge is -2.35. The van der Waals surface area contributed by atoms with Gasteiger partial charge in [-0.1, -0.05) is 38.3 Å². The molecule has 122 valence electrons. The molecule has 0 amide bonds. The van der Waals surface area contributed by atoms with Gasteiger partial charge in [0.25, 0.3) is 0 Å². The monoisotopic (exact) mass is 304 g/mol. The number of nitrogens with one attached hydrogen (secondary N) is 1. The van der Waals surface area contributed by atoms with Gasteiger partial charge in [-0.3, -0.25) is 9.69 Å². The molecular weight excluding hydrogens is 276 g/mol. The Morgan fingerprint density at radius 2 is 1.91 bits per heavy atom. The van der Waals surface area contributed by atoms with Crippen LogP contribution >= 0.6 is 0 Å². The quantitative estimate of drug-likeness (QED) is 0.477. The summed E-state index contributed by atoms with van der Waals surface area (Å²) < 4.78 is 5.13. The molecule has 1 aliphatic heterocycles. The number of hydrogen-bond acceptors (Lipinski definition) is 4. The van der Waals surface area contributed by atoms with Gasteiger partial charge in [0.15, 0.2) is 0 Å². The topological polar surface area (TPSA) is 41.6 Å². The molecule has 1 fully saturated rings. The molecule has 4 nitrogen and oxygen atoms in total. The van der Waals surface area contributed by atoms with Crippen LogP contribution < -0.4 is 10.1 Å². The molecule has 0 aliphatic carbocycles. The Bertz CT molecular complexity index is 453. The van der Waals surface area contributed by atoms with Gasteiger partial charge in [0.05, 0.1) is 0 Å². The normalized spacial score (nSPS) is 17.2. The minimum atomic E-state index is -0.269. The lowest BCUT2D eigenvalue weighted by molar-refractivity contribution is -0.131. The first-order chi connectivity index (χ1) is 10.7. The molecule has 1 aliphatic rings. The third kappa shape index (κ3) is 5.11. The number of carbonyl (C=O) groups is 1. The number of nitrogens with zero attached hydrogens (tertiary/aromatic N) is 1. The van der Waals surface area contributed by atoms with E-state index in [0.29, 0.717) is 11.8 Å². The fraction of sp³-hybridized carbons (Fsp3) is 0.611. The van der Waals surface area contributed by atoms with Crippen molar-refractivity contribution < 1.29 is 9.53 Å². The van der Waals surface area contributed by atoms with E-state index in [-0.39, 0.29) is 5.97 Å². The molecule has 1 saturated heterocycles. The summed E-state index contributed by atoms with van der Waals surface area (Å²) in [4.78, 5) is 13.6. The minimum absolute atomic E-state index is 0.269. The Balaban J connectivity index is 2.06. The zero-order valence-electron chi connectivity index (χ0n) is 13.8. The first-order valence-electron chi connectivity index (χ1n) is 8.44. The fourth-order valence-corrected chi connectivity index (χ4v) is 3.07. The van der Waals surface area contributed by atoms with Crippen LogP contribution in [0.2, 0.25) is 0 Å². The second-order valence-electron chi connectivity index (χ2n) is 5.96. The van der Waals surface area contributed by atoms with E-state index in [4.69, 9.17) is 4.74 Å². The number of carbonyl (C=O) groups excluding carboxylic acids is 1. The SMILES string of the molecule is CCCCC[C@@H](c1ccc(OC(C)=O)cc1)N1CCNCC1. The van der Waals surface area contributed by atoms with Crippen LogP contribution in [0.15, 0.2) is 24.3 Å². The van der Waals surface area contributed by atoms with E-state index in [0.717, 1.165) is 26.2 Å². The summed E-state index contributed by atoms with van der Waals surface area (Å²) in [6.07, 6.45) is 4.99. The number of piperazine rings is 1. The maximum Gasteiger partial charge on any atom is 0.308 e. The van der Waals surface area contributed by atoms with Gasteiger partial charge in [0.2, 0.25) is 0 Å². The molecule has 0 bridgehead atoms. The molecule has 0 radical (unpaired) electrons. The molecule has 0 aromatic heterocycles. The Morgan fingerprint density at radius 3 is 2.50 bits per heavy atom. The van der Waals surface area contributed by atoms with Crippen molar-refractivity contribution in [3.63, 3.8) is 0 Å². The molecule has 1 heterocycles. The smallest absolute Gasteiger partial charge is 0.308 e. The van der Waals surface area contributed by atoms with Gasteiger partial charge >= 0.3 is 5.97 Å². The molecule has 4 heteroatoms. The molecule has 2 rings (SSSR count). The number of ether oxygens (including phenoxy) is 1. The standard InChI is InChI=1S/C18H28N2O2/c1-3-4-5-6-18(20-13-11-19-12-14-20)16-7-9-17(10-8-16)22-15(2)21/h7-10,18-19H,3-6,11-14H2,1-2H3/t18-/m0/s1. The first kappa shape index (κ1) is 17.0. The highest BCUT2D eigenvalue weighted by molar-refractivity contribution is 5.69. The highest BCUT2D eigenvalue weighted by atomic mass is 16.5. The molecule has 1 aromatic carbocycles. The summed E-state index contributed by atoms with van der Waals surface area (Å²) in [6, 6.07) is 8.51. The highest BCUT2D eigenvalue weighted by Crippen LogP contribution is 2.28. The lowest BCUT2D eigenvalue weighted by Crippen LogP contribution is -2.45. The predicted octanol–water partition coefficient (Wildman–Crippen LogP) is 3.14. The Labute approximate surface area is 133 Å². The van der Waals surface area contributed by atoms with E-state index in [9.17, 15) is 4.79 Å². The molecule has 1 aromatic rings. The van der Waals surface area contributed by atoms with Gasteiger partial charge in [-0.25, -0.2) is 0 Å². The molecule has 0 spiro atoms. The zero-order chi connectivity index (χ0) is 15.8. The molecule has 0 unspecified atom stereocenters. The van der Waals surface area contributed by atoms with Crippen molar-refractivity contribution in [3.8, 4) is 5.75 Å². The van der Waals surface area contributed by atoms with E-state index in [1.54, 1.807) is 0 Å². The van der Waals surface area contributed by atoms with E-state index in [2.05, 4.69) is 29.3 Å². The largest absolute Gasteiger partial charge is 0.427 e. The molecule has 1 N–H and O–H groups in total. The van der Waals surface area contributed by atoms with Crippen LogP contribution in [0.25, 0.3) is 0 Å². The Morgan fingerprint density at radius 1 is 1.23 bits per heavy atom. The second kappa shape index (κ2) is 8.91. The van der Waals surface area contributed by atoms with Crippen LogP contribution in [0.4, 0.5) is 0 Å². The maximum atomic E-state index is 11.0. The lowest BCUT2D eigenvalue weighted by atomic mass is 9.98. The summed E-state index contributed by atoms with van der Waals surface area (Å²) in [5.41, 5.74) is 1.33. The van der Waals surface area contributed by atoms with Gasteiger partial charge in [0, 0.05) is 39.1 Å². The highest BCUT2D eigenvalue weighted by Gasteiger charge is 2.21. The summed E-state index contributed by atoms with van der Waals surface area (Å²) in [7, 11) is 0. The van der Waals surface area contributed by atoms with Gasteiger partial charge < -0.3 is 10.1 Å². The van der Waals surface area contributed by atoms with Crippen molar-refractivity contribution >= 4 is 5.97 Å². The van der Waals surface area contributed by atoms with Gasteiger partial charge in [-0.15, -0.1) is 0 Å². The van der Waals surface area contributed by atoms with Crippen LogP contribution in [0.3, 0.4) is 0 Å². The third-order valence-electron chi connectivity index (χ3n) is 4.20. The molecule has 22 heavy (non-hydrogen) atoms. The van der Waals surface area contributed by atoms with Crippen LogP contribution in [0.5, 0.6) is 5.75 Å². The van der Waals surface area contributed by atoms with Crippen molar-refractivity contribution in [2.45, 2.75) is 45.6 Å². The number of rotatable bonds is 7. The zero-order valence-corrected chi connectivity index (χ0v) is 13.8. The van der Waals surface area contributed by atoms with Crippen molar-refractivity contribution in [1.29, 1.82) is 0 Å². The fourth-order valence-electron chi connectivity index (χ4n) is 3.07. The third-order valence-corrected chi connectivity index (χ3v) is 4.20. The van der Waals surface area contributed by atoms with Gasteiger partial charge in [-0.05, 0) is 24.1 Å². The second-order valence-corrected chi connectivity index (χ2v) is 5.96. The van der Waals surface area contributed by atoms with Crippen LogP contribution in [-0.2, 0) is 4.79 Å². The minimum Gasteiger partial charge on any atom is -0.427 e. The van der Waals surface area contributed by atoms with Crippen molar-refractivity contribution in [1.82, 2.24) is 10.2 Å². The number of unbranched alkanes of at least 4 members (excludes halogenated alkanes) is 2. The summed E-state index contributed by atoms with van der Waals surface area (Å²) >= 11 is 0. The predicted molar refractivity (Wildman–Crippen MR) is 89.1 cm³/mol. The molecular formula is C18H28N2O2. The number of hydrogen-bond donors (Lipinski definition) is 1. The average molecular weight is 304 g/mol. The average Bonchev–Trinajstić information content (AvgIpc) is 2.53. The number of esters is 1. The van der Waals surface area contributed by atoms with E-state index in [1.807, 2.05) is 12.1 Å². The summed E-state index contributed by atoms with van der Waals surface area (Å²) in [6.45, 7) is 8.01. The van der Waals surface area contributed by atoms with Crippen LogP contribution in [0.1, 0.15) is 51.1 Å². The maximum absolute atomic E-state index is 11.0. The van der Waals surface area contributed by atoms with Gasteiger partial charge in [-0.2, -0.15) is 0 Å².